The van der Waals surface area contributed by atoms with Crippen LogP contribution in [0.15, 0.2) is 30.3 Å². The number of rotatable bonds is 8. The topological polar surface area (TPSA) is 131 Å². The molecule has 0 bridgehead atoms. The molecule has 1 aromatic heterocycles. The van der Waals surface area contributed by atoms with Crippen molar-refractivity contribution in [3.63, 3.8) is 0 Å². The number of carbonyl (C=O) groups is 1. The lowest BCUT2D eigenvalue weighted by atomic mass is 10.1. The van der Waals surface area contributed by atoms with E-state index in [0.29, 0.717) is 57.2 Å². The molecule has 0 unspecified atom stereocenters. The van der Waals surface area contributed by atoms with Crippen molar-refractivity contribution in [2.24, 2.45) is 0 Å². The van der Waals surface area contributed by atoms with E-state index in [0.717, 1.165) is 6.21 Å². The molecule has 1 heterocycles. The fourth-order valence-corrected chi connectivity index (χ4v) is 3.41. The zero-order valence-corrected chi connectivity index (χ0v) is 19.1. The van der Waals surface area contributed by atoms with E-state index in [-0.39, 0.29) is 11.9 Å². The summed E-state index contributed by atoms with van der Waals surface area (Å²) in [6.45, 7) is 6.34. The van der Waals surface area contributed by atoms with Crippen LogP contribution in [-0.4, -0.2) is 40.5 Å². The van der Waals surface area contributed by atoms with Crippen LogP contribution >= 0.6 is 11.6 Å². The van der Waals surface area contributed by atoms with Crippen LogP contribution in [0.1, 0.15) is 42.7 Å². The van der Waals surface area contributed by atoms with E-state index < -0.39 is 0 Å². The Bertz CT molecular complexity index is 1160. The number of anilines is 3. The maximum absolute atomic E-state index is 12.3. The molecule has 32 heavy (non-hydrogen) atoms. The summed E-state index contributed by atoms with van der Waals surface area (Å²) in [6, 6.07) is 8.61. The summed E-state index contributed by atoms with van der Waals surface area (Å²) in [4.78, 5) is 16.9. The van der Waals surface area contributed by atoms with Crippen LogP contribution in [-0.2, 0) is 0 Å². The van der Waals surface area contributed by atoms with Gasteiger partial charge in [-0.1, -0.05) is 17.7 Å². The third kappa shape index (κ3) is 4.52. The smallest absolute Gasteiger partial charge is 0.255 e. The van der Waals surface area contributed by atoms with Crippen molar-refractivity contribution in [2.75, 3.05) is 24.7 Å². The number of aromatic nitrogens is 3. The van der Waals surface area contributed by atoms with Gasteiger partial charge >= 0.3 is 0 Å². The molecular weight excluding hydrogens is 430 g/mol. The maximum atomic E-state index is 12.3. The highest BCUT2D eigenvalue weighted by atomic mass is 35.5. The second-order valence-electron chi connectivity index (χ2n) is 7.27. The highest BCUT2D eigenvalue weighted by Crippen LogP contribution is 2.33. The number of ether oxygens (including phenoxy) is 1. The third-order valence-electron chi connectivity index (χ3n) is 4.77. The van der Waals surface area contributed by atoms with Crippen LogP contribution in [0, 0.1) is 5.41 Å². The molecule has 0 saturated carbocycles. The van der Waals surface area contributed by atoms with Crippen LogP contribution in [0.2, 0.25) is 5.02 Å². The quantitative estimate of drug-likeness (QED) is 0.296. The van der Waals surface area contributed by atoms with Crippen molar-refractivity contribution in [3.8, 4) is 17.1 Å². The van der Waals surface area contributed by atoms with Crippen molar-refractivity contribution in [1.29, 1.82) is 5.41 Å². The Morgan fingerprint density at radius 3 is 2.72 bits per heavy atom. The molecule has 0 aliphatic heterocycles. The second kappa shape index (κ2) is 9.69. The number of methoxy groups -OCH3 is 1. The molecule has 9 nitrogen and oxygen atoms in total. The largest absolute Gasteiger partial charge is 0.496 e. The Labute approximate surface area is 191 Å². The zero-order chi connectivity index (χ0) is 23.4. The fourth-order valence-electron chi connectivity index (χ4n) is 3.14. The number of hydrogen-bond acceptors (Lipinski definition) is 7. The lowest BCUT2D eigenvalue weighted by molar-refractivity contribution is 0.0953. The van der Waals surface area contributed by atoms with Crippen LogP contribution in [0.5, 0.6) is 5.75 Å². The molecule has 1 amide bonds. The predicted octanol–water partition coefficient (Wildman–Crippen LogP) is 4.26. The van der Waals surface area contributed by atoms with Gasteiger partial charge in [0.1, 0.15) is 5.75 Å². The maximum Gasteiger partial charge on any atom is 0.255 e. The standard InChI is InChI=1S/C22H26ClN7O2/c1-5-26-21(31)14-7-6-13(10-18(14)32-4)20-28-22(30(29-20)12(2)3)27-17-9-8-16(25)15(11-24)19(17)23/h6-12,24H,5,25H2,1-4H3,(H,26,31)(H,27,28,29). The Hall–Kier alpha value is -3.59. The number of amides is 1. The first-order valence-corrected chi connectivity index (χ1v) is 10.5. The molecule has 2 aromatic carbocycles. The number of benzene rings is 2. The summed E-state index contributed by atoms with van der Waals surface area (Å²) in [6.07, 6.45) is 1.12. The van der Waals surface area contributed by atoms with Crippen LogP contribution in [0.4, 0.5) is 17.3 Å². The van der Waals surface area contributed by atoms with Crippen molar-refractivity contribution in [3.05, 3.63) is 46.5 Å². The highest BCUT2D eigenvalue weighted by molar-refractivity contribution is 6.36. The van der Waals surface area contributed by atoms with Gasteiger partial charge in [0.05, 0.1) is 29.4 Å². The summed E-state index contributed by atoms with van der Waals surface area (Å²) >= 11 is 6.43. The highest BCUT2D eigenvalue weighted by Gasteiger charge is 2.19. The number of halogens is 1. The van der Waals surface area contributed by atoms with Gasteiger partial charge in [-0.15, -0.1) is 5.10 Å². The van der Waals surface area contributed by atoms with Gasteiger partial charge in [0.25, 0.3) is 5.91 Å². The molecule has 3 aromatic rings. The number of hydrogen-bond donors (Lipinski definition) is 4. The molecule has 0 saturated heterocycles. The number of nitrogen functional groups attached to an aromatic ring is 1. The zero-order valence-electron chi connectivity index (χ0n) is 18.4. The molecule has 0 aliphatic carbocycles. The van der Waals surface area contributed by atoms with E-state index >= 15 is 0 Å². The lowest BCUT2D eigenvalue weighted by Gasteiger charge is -2.13. The minimum atomic E-state index is -0.209. The summed E-state index contributed by atoms with van der Waals surface area (Å²) in [7, 11) is 1.51. The Morgan fingerprint density at radius 1 is 1.34 bits per heavy atom. The van der Waals surface area contributed by atoms with E-state index in [2.05, 4.69) is 20.7 Å². The monoisotopic (exact) mass is 455 g/mol. The van der Waals surface area contributed by atoms with Crippen LogP contribution in [0.25, 0.3) is 11.4 Å². The van der Waals surface area contributed by atoms with E-state index in [1.165, 1.54) is 7.11 Å². The second-order valence-corrected chi connectivity index (χ2v) is 7.65. The van der Waals surface area contributed by atoms with Crippen LogP contribution in [0.3, 0.4) is 0 Å². The first kappa shape index (κ1) is 23.1. The van der Waals surface area contributed by atoms with Crippen molar-refractivity contribution in [2.45, 2.75) is 26.8 Å². The van der Waals surface area contributed by atoms with Gasteiger partial charge in [0.2, 0.25) is 5.95 Å². The third-order valence-corrected chi connectivity index (χ3v) is 5.17. The molecule has 0 radical (unpaired) electrons. The Balaban J connectivity index is 2.02. The van der Waals surface area contributed by atoms with Crippen LogP contribution < -0.4 is 21.1 Å². The first-order valence-electron chi connectivity index (χ1n) is 10.1. The molecule has 5 N–H and O–H groups in total. The van der Waals surface area contributed by atoms with Gasteiger partial charge in [-0.25, -0.2) is 4.68 Å². The van der Waals surface area contributed by atoms with E-state index in [9.17, 15) is 4.79 Å². The minimum Gasteiger partial charge on any atom is -0.496 e. The Morgan fingerprint density at radius 2 is 2.09 bits per heavy atom. The van der Waals surface area contributed by atoms with Gasteiger partial charge < -0.3 is 26.5 Å². The fraction of sp³-hybridized carbons (Fsp3) is 0.273. The number of nitrogens with two attached hydrogens (primary N) is 1. The molecule has 168 valence electrons. The number of nitrogens with zero attached hydrogens (tertiary/aromatic N) is 3. The summed E-state index contributed by atoms with van der Waals surface area (Å²) < 4.78 is 7.15. The number of carbonyl (C=O) groups excluding carboxylic acids is 1. The van der Waals surface area contributed by atoms with Crippen molar-refractivity contribution >= 4 is 41.0 Å². The normalized spacial score (nSPS) is 10.8. The SMILES string of the molecule is CCNC(=O)c1ccc(-c2nc(Nc3ccc(N)c(C=N)c3Cl)n(C(C)C)n2)cc1OC. The molecule has 3 rings (SSSR count). The van der Waals surface area contributed by atoms with Gasteiger partial charge in [0.15, 0.2) is 5.82 Å². The Kier molecular flexibility index (Phi) is 6.99. The summed E-state index contributed by atoms with van der Waals surface area (Å²) in [5.41, 5.74) is 8.43. The van der Waals surface area contributed by atoms with E-state index in [4.69, 9.17) is 27.5 Å². The minimum absolute atomic E-state index is 0.00464. The molecular formula is C22H26ClN7O2. The van der Waals surface area contributed by atoms with Crippen molar-refractivity contribution in [1.82, 2.24) is 20.1 Å². The summed E-state index contributed by atoms with van der Waals surface area (Å²) in [5.74, 6) is 1.16. The number of nitrogens with one attached hydrogen (secondary N) is 3. The molecule has 0 atom stereocenters. The molecule has 0 spiro atoms. The summed E-state index contributed by atoms with van der Waals surface area (Å²) in [5, 5.41) is 18.5. The average molecular weight is 456 g/mol. The van der Waals surface area contributed by atoms with E-state index in [1.807, 2.05) is 20.8 Å². The van der Waals surface area contributed by atoms with Crippen molar-refractivity contribution < 1.29 is 9.53 Å². The van der Waals surface area contributed by atoms with E-state index in [1.54, 1.807) is 35.0 Å². The van der Waals surface area contributed by atoms with Gasteiger partial charge in [-0.3, -0.25) is 4.79 Å². The molecule has 0 aliphatic rings. The van der Waals surface area contributed by atoms with Gasteiger partial charge in [0, 0.05) is 29.6 Å². The molecule has 0 fully saturated rings. The average Bonchev–Trinajstić information content (AvgIpc) is 3.20. The first-order chi connectivity index (χ1) is 15.3. The lowest BCUT2D eigenvalue weighted by Crippen LogP contribution is -2.23. The molecule has 10 heteroatoms. The van der Waals surface area contributed by atoms with Gasteiger partial charge in [-0.05, 0) is 45.0 Å². The van der Waals surface area contributed by atoms with Gasteiger partial charge in [-0.2, -0.15) is 4.98 Å². The predicted molar refractivity (Wildman–Crippen MR) is 127 cm³/mol.